The molecule has 0 heterocycles. The first-order chi connectivity index (χ1) is 9.34. The second-order valence-electron chi connectivity index (χ2n) is 5.66. The van der Waals surface area contributed by atoms with Crippen molar-refractivity contribution >= 4 is 26.0 Å². The number of benzene rings is 1. The summed E-state index contributed by atoms with van der Waals surface area (Å²) in [7, 11) is -1.71. The highest BCUT2D eigenvalue weighted by Gasteiger charge is 2.34. The molecule has 112 valence electrons. The van der Waals surface area contributed by atoms with Crippen LogP contribution in [0.25, 0.3) is 0 Å². The maximum absolute atomic E-state index is 12.8. The number of nitrogens with zero attached hydrogens (tertiary/aromatic N) is 1. The summed E-state index contributed by atoms with van der Waals surface area (Å²) in [6, 6.07) is 5.56. The summed E-state index contributed by atoms with van der Waals surface area (Å²) in [6.45, 7) is 3.84. The van der Waals surface area contributed by atoms with Crippen LogP contribution in [0.15, 0.2) is 23.1 Å². The van der Waals surface area contributed by atoms with Crippen LogP contribution in [0.4, 0.5) is 0 Å². The number of hydrogen-bond donors (Lipinski definition) is 0. The molecule has 0 spiro atoms. The van der Waals surface area contributed by atoms with E-state index in [9.17, 15) is 8.42 Å². The van der Waals surface area contributed by atoms with Gasteiger partial charge in [-0.15, -0.1) is 0 Å². The van der Waals surface area contributed by atoms with Gasteiger partial charge in [0.2, 0.25) is 10.0 Å². The van der Waals surface area contributed by atoms with Crippen molar-refractivity contribution in [3.8, 4) is 0 Å². The molecule has 0 N–H and O–H groups in total. The molecule has 3 nitrogen and oxygen atoms in total. The Morgan fingerprint density at radius 2 is 1.85 bits per heavy atom. The zero-order valence-electron chi connectivity index (χ0n) is 12.3. The number of aryl methyl sites for hydroxylation is 2. The van der Waals surface area contributed by atoms with E-state index in [4.69, 9.17) is 0 Å². The van der Waals surface area contributed by atoms with E-state index in [0.717, 1.165) is 30.4 Å². The molecule has 20 heavy (non-hydrogen) atoms. The predicted octanol–water partition coefficient (Wildman–Crippen LogP) is 3.63. The van der Waals surface area contributed by atoms with Crippen LogP contribution in [0.2, 0.25) is 0 Å². The van der Waals surface area contributed by atoms with Gasteiger partial charge in [-0.3, -0.25) is 0 Å². The topological polar surface area (TPSA) is 37.4 Å². The summed E-state index contributed by atoms with van der Waals surface area (Å²) in [4.78, 5) is 0.678. The lowest BCUT2D eigenvalue weighted by atomic mass is 9.96. The SMILES string of the molecule is Cc1ccc(S(=O)(=O)N(C)C2CCCCC2Br)c(C)c1. The van der Waals surface area contributed by atoms with Gasteiger partial charge in [-0.2, -0.15) is 4.31 Å². The Hall–Kier alpha value is -0.390. The van der Waals surface area contributed by atoms with E-state index in [1.165, 1.54) is 6.42 Å². The Labute approximate surface area is 130 Å². The lowest BCUT2D eigenvalue weighted by molar-refractivity contribution is 0.297. The average molecular weight is 360 g/mol. The van der Waals surface area contributed by atoms with Crippen molar-refractivity contribution in [1.29, 1.82) is 0 Å². The van der Waals surface area contributed by atoms with Gasteiger partial charge in [0.25, 0.3) is 0 Å². The van der Waals surface area contributed by atoms with Crippen LogP contribution in [0.1, 0.15) is 36.8 Å². The van der Waals surface area contributed by atoms with Gasteiger partial charge in [-0.1, -0.05) is 46.5 Å². The number of alkyl halides is 1. The highest BCUT2D eigenvalue weighted by atomic mass is 79.9. The van der Waals surface area contributed by atoms with Crippen LogP contribution in [0.5, 0.6) is 0 Å². The molecular weight excluding hydrogens is 338 g/mol. The fraction of sp³-hybridized carbons (Fsp3) is 0.600. The molecule has 2 rings (SSSR count). The third kappa shape index (κ3) is 3.10. The fourth-order valence-corrected chi connectivity index (χ4v) is 5.62. The number of halogens is 1. The summed E-state index contributed by atoms with van der Waals surface area (Å²) in [5, 5.41) is 0. The van der Waals surface area contributed by atoms with Gasteiger partial charge in [0.15, 0.2) is 0 Å². The first-order valence-electron chi connectivity index (χ1n) is 7.03. The quantitative estimate of drug-likeness (QED) is 0.772. The Balaban J connectivity index is 2.33. The molecule has 1 aliphatic rings. The number of hydrogen-bond acceptors (Lipinski definition) is 2. The van der Waals surface area contributed by atoms with E-state index in [2.05, 4.69) is 15.9 Å². The third-order valence-corrected chi connectivity index (χ3v) is 7.21. The molecule has 0 aliphatic heterocycles. The van der Waals surface area contributed by atoms with Crippen molar-refractivity contribution in [2.45, 2.75) is 55.3 Å². The van der Waals surface area contributed by atoms with Crippen LogP contribution in [-0.4, -0.2) is 30.6 Å². The maximum Gasteiger partial charge on any atom is 0.243 e. The van der Waals surface area contributed by atoms with Crippen molar-refractivity contribution in [2.24, 2.45) is 0 Å². The standard InChI is InChI=1S/C15H22BrNO2S/c1-11-8-9-15(12(2)10-11)20(18,19)17(3)14-7-5-4-6-13(14)16/h8-10,13-14H,4-7H2,1-3H3. The van der Waals surface area contributed by atoms with Gasteiger partial charge in [0.1, 0.15) is 0 Å². The Bertz CT molecular complexity index is 586. The van der Waals surface area contributed by atoms with Gasteiger partial charge < -0.3 is 0 Å². The van der Waals surface area contributed by atoms with Crippen molar-refractivity contribution in [1.82, 2.24) is 4.31 Å². The van der Waals surface area contributed by atoms with E-state index < -0.39 is 10.0 Å². The molecule has 1 fully saturated rings. The van der Waals surface area contributed by atoms with Gasteiger partial charge >= 0.3 is 0 Å². The summed E-state index contributed by atoms with van der Waals surface area (Å²) < 4.78 is 27.2. The van der Waals surface area contributed by atoms with Crippen LogP contribution in [0.3, 0.4) is 0 Å². The Kier molecular flexibility index (Phi) is 4.92. The smallest absolute Gasteiger partial charge is 0.207 e. The van der Waals surface area contributed by atoms with Gasteiger partial charge in [-0.05, 0) is 38.3 Å². The van der Waals surface area contributed by atoms with E-state index in [1.807, 2.05) is 26.0 Å². The second kappa shape index (κ2) is 6.16. The molecular formula is C15H22BrNO2S. The van der Waals surface area contributed by atoms with E-state index in [1.54, 1.807) is 17.4 Å². The third-order valence-electron chi connectivity index (χ3n) is 4.10. The zero-order chi connectivity index (χ0) is 14.9. The maximum atomic E-state index is 12.8. The molecule has 5 heteroatoms. The van der Waals surface area contributed by atoms with Crippen molar-refractivity contribution < 1.29 is 8.42 Å². The summed E-state index contributed by atoms with van der Waals surface area (Å²) in [5.74, 6) is 0. The number of rotatable bonds is 3. The molecule has 0 bridgehead atoms. The van der Waals surface area contributed by atoms with Crippen molar-refractivity contribution in [3.63, 3.8) is 0 Å². The largest absolute Gasteiger partial charge is 0.243 e. The molecule has 0 amide bonds. The molecule has 2 atom stereocenters. The normalized spacial score (nSPS) is 24.1. The highest BCUT2D eigenvalue weighted by Crippen LogP contribution is 2.31. The molecule has 0 radical (unpaired) electrons. The molecule has 0 saturated heterocycles. The Morgan fingerprint density at radius 3 is 2.45 bits per heavy atom. The molecule has 1 aliphatic carbocycles. The average Bonchev–Trinajstić information content (AvgIpc) is 2.38. The molecule has 1 aromatic carbocycles. The van der Waals surface area contributed by atoms with Crippen LogP contribution < -0.4 is 0 Å². The first kappa shape index (κ1) is 16.0. The monoisotopic (exact) mass is 359 g/mol. The molecule has 2 unspecified atom stereocenters. The van der Waals surface area contributed by atoms with E-state index in [-0.39, 0.29) is 10.9 Å². The van der Waals surface area contributed by atoms with Gasteiger partial charge in [0.05, 0.1) is 4.90 Å². The van der Waals surface area contributed by atoms with Crippen LogP contribution >= 0.6 is 15.9 Å². The summed E-state index contributed by atoms with van der Waals surface area (Å²) in [6.07, 6.45) is 4.23. The highest BCUT2D eigenvalue weighted by molar-refractivity contribution is 9.09. The van der Waals surface area contributed by atoms with E-state index >= 15 is 0 Å². The minimum absolute atomic E-state index is 0.0504. The minimum Gasteiger partial charge on any atom is -0.207 e. The number of sulfonamides is 1. The summed E-state index contributed by atoms with van der Waals surface area (Å²) >= 11 is 3.64. The molecule has 1 saturated carbocycles. The second-order valence-corrected chi connectivity index (χ2v) is 8.80. The lowest BCUT2D eigenvalue weighted by Gasteiger charge is -2.34. The molecule has 0 aromatic heterocycles. The van der Waals surface area contributed by atoms with Gasteiger partial charge in [-0.25, -0.2) is 8.42 Å². The van der Waals surface area contributed by atoms with E-state index in [0.29, 0.717) is 4.90 Å². The van der Waals surface area contributed by atoms with Gasteiger partial charge in [0, 0.05) is 17.9 Å². The fourth-order valence-electron chi connectivity index (χ4n) is 2.90. The zero-order valence-corrected chi connectivity index (χ0v) is 14.7. The van der Waals surface area contributed by atoms with Crippen LogP contribution in [0, 0.1) is 13.8 Å². The van der Waals surface area contributed by atoms with Crippen molar-refractivity contribution in [2.75, 3.05) is 7.05 Å². The predicted molar refractivity (Wildman–Crippen MR) is 85.8 cm³/mol. The molecule has 1 aromatic rings. The first-order valence-corrected chi connectivity index (χ1v) is 9.39. The summed E-state index contributed by atoms with van der Waals surface area (Å²) in [5.41, 5.74) is 1.90. The van der Waals surface area contributed by atoms with Crippen molar-refractivity contribution in [3.05, 3.63) is 29.3 Å². The van der Waals surface area contributed by atoms with Crippen LogP contribution in [-0.2, 0) is 10.0 Å². The minimum atomic E-state index is -3.42. The Morgan fingerprint density at radius 1 is 1.20 bits per heavy atom. The lowest BCUT2D eigenvalue weighted by Crippen LogP contribution is -2.44.